The van der Waals surface area contributed by atoms with Gasteiger partial charge in [-0.05, 0) is 44.0 Å². The predicted molar refractivity (Wildman–Crippen MR) is 120 cm³/mol. The summed E-state index contributed by atoms with van der Waals surface area (Å²) >= 11 is 0. The van der Waals surface area contributed by atoms with Crippen LogP contribution in [0.3, 0.4) is 0 Å². The van der Waals surface area contributed by atoms with Crippen molar-refractivity contribution in [3.8, 4) is 0 Å². The van der Waals surface area contributed by atoms with E-state index in [9.17, 15) is 36.3 Å². The molecule has 4 amide bonds. The Morgan fingerprint density at radius 3 is 2.31 bits per heavy atom. The average molecular weight is 508 g/mol. The van der Waals surface area contributed by atoms with Crippen LogP contribution in [0.2, 0.25) is 0 Å². The van der Waals surface area contributed by atoms with Crippen molar-refractivity contribution in [3.05, 3.63) is 64.0 Å². The third-order valence-electron chi connectivity index (χ3n) is 5.84. The second kappa shape index (κ2) is 9.59. The van der Waals surface area contributed by atoms with Gasteiger partial charge in [0.05, 0.1) is 22.9 Å². The fourth-order valence-electron chi connectivity index (χ4n) is 4.17. The van der Waals surface area contributed by atoms with E-state index >= 15 is 0 Å². The standard InChI is InChI=1S/C24H21F5N4O3/c1-10(2)30-24(36)31-12-8-16-22(34)32-15-6-4-11(7-14(15)23(35)33(16)9-12)3-5-13-17(25)19(27)21(29)20(28)18(13)26/h3-7,10,12,16H,8-9H2,1-2H3,(H,32,34)(H2,30,31,36). The molecule has 0 aliphatic carbocycles. The number of fused-ring (bicyclic) bond motifs is 2. The fraction of sp³-hybridized carbons (Fsp3) is 0.292. The molecular weight excluding hydrogens is 487 g/mol. The molecule has 0 spiro atoms. The van der Waals surface area contributed by atoms with Crippen LogP contribution < -0.4 is 16.0 Å². The van der Waals surface area contributed by atoms with Gasteiger partial charge in [0.15, 0.2) is 23.3 Å². The molecule has 0 radical (unpaired) electrons. The van der Waals surface area contributed by atoms with Gasteiger partial charge in [0, 0.05) is 12.6 Å². The summed E-state index contributed by atoms with van der Waals surface area (Å²) in [6, 6.07) is 2.30. The molecular formula is C24H21F5N4O3. The van der Waals surface area contributed by atoms with Crippen molar-refractivity contribution in [2.24, 2.45) is 0 Å². The number of carbonyl (C=O) groups is 3. The third-order valence-corrected chi connectivity index (χ3v) is 5.84. The second-order valence-corrected chi connectivity index (χ2v) is 8.79. The molecule has 2 aromatic carbocycles. The quantitative estimate of drug-likeness (QED) is 0.254. The SMILES string of the molecule is CC(C)NC(=O)NC1CC2C(=O)Nc3ccc(C=Cc4c(F)c(F)c(F)c(F)c4F)cc3C(=O)N2C1. The molecule has 0 bridgehead atoms. The fourth-order valence-corrected chi connectivity index (χ4v) is 4.17. The molecule has 36 heavy (non-hydrogen) atoms. The first-order valence-electron chi connectivity index (χ1n) is 11.0. The number of halogens is 5. The number of urea groups is 1. The highest BCUT2D eigenvalue weighted by molar-refractivity contribution is 6.10. The molecule has 190 valence electrons. The Balaban J connectivity index is 1.60. The van der Waals surface area contributed by atoms with E-state index in [2.05, 4.69) is 16.0 Å². The Hall–Kier alpha value is -3.96. The van der Waals surface area contributed by atoms with Crippen LogP contribution in [0.4, 0.5) is 32.4 Å². The number of hydrogen-bond donors (Lipinski definition) is 3. The van der Waals surface area contributed by atoms with Crippen LogP contribution in [-0.2, 0) is 4.79 Å². The smallest absolute Gasteiger partial charge is 0.315 e. The summed E-state index contributed by atoms with van der Waals surface area (Å²) in [5.41, 5.74) is -0.648. The van der Waals surface area contributed by atoms with Gasteiger partial charge in [0.1, 0.15) is 6.04 Å². The van der Waals surface area contributed by atoms with E-state index in [4.69, 9.17) is 0 Å². The highest BCUT2D eigenvalue weighted by atomic mass is 19.2. The minimum Gasteiger partial charge on any atom is -0.336 e. The topological polar surface area (TPSA) is 90.5 Å². The number of carbonyl (C=O) groups excluding carboxylic acids is 3. The Morgan fingerprint density at radius 1 is 1.03 bits per heavy atom. The first-order chi connectivity index (χ1) is 17.0. The molecule has 2 unspecified atom stereocenters. The van der Waals surface area contributed by atoms with E-state index in [1.54, 1.807) is 13.8 Å². The zero-order valence-corrected chi connectivity index (χ0v) is 19.1. The number of rotatable bonds is 4. The molecule has 0 aromatic heterocycles. The zero-order chi connectivity index (χ0) is 26.3. The van der Waals surface area contributed by atoms with E-state index in [1.807, 2.05) is 0 Å². The lowest BCUT2D eigenvalue weighted by molar-refractivity contribution is -0.119. The molecule has 7 nitrogen and oxygen atoms in total. The molecule has 0 saturated carbocycles. The van der Waals surface area contributed by atoms with Crippen molar-refractivity contribution in [2.45, 2.75) is 38.4 Å². The molecule has 1 fully saturated rings. The van der Waals surface area contributed by atoms with E-state index in [0.717, 1.165) is 6.08 Å². The Labute approximate surface area is 202 Å². The first-order valence-corrected chi connectivity index (χ1v) is 11.0. The van der Waals surface area contributed by atoms with E-state index in [0.29, 0.717) is 6.08 Å². The number of hydrogen-bond acceptors (Lipinski definition) is 3. The van der Waals surface area contributed by atoms with Crippen LogP contribution in [0.1, 0.15) is 41.8 Å². The van der Waals surface area contributed by atoms with Gasteiger partial charge in [-0.2, -0.15) is 0 Å². The number of nitrogens with zero attached hydrogens (tertiary/aromatic N) is 1. The maximum atomic E-state index is 14.0. The molecule has 4 rings (SSSR count). The molecule has 2 aromatic rings. The van der Waals surface area contributed by atoms with Gasteiger partial charge in [0.2, 0.25) is 11.7 Å². The molecule has 2 aliphatic rings. The van der Waals surface area contributed by atoms with Crippen LogP contribution in [0.25, 0.3) is 12.2 Å². The maximum absolute atomic E-state index is 14.0. The molecule has 2 aliphatic heterocycles. The summed E-state index contributed by atoms with van der Waals surface area (Å²) in [5, 5.41) is 8.06. The minimum atomic E-state index is -2.26. The van der Waals surface area contributed by atoms with Gasteiger partial charge < -0.3 is 20.9 Å². The Kier molecular flexibility index (Phi) is 6.70. The largest absolute Gasteiger partial charge is 0.336 e. The summed E-state index contributed by atoms with van der Waals surface area (Å²) < 4.78 is 68.1. The Bertz CT molecular complexity index is 1270. The number of anilines is 1. The maximum Gasteiger partial charge on any atom is 0.315 e. The van der Waals surface area contributed by atoms with Crippen LogP contribution in [0.5, 0.6) is 0 Å². The van der Waals surface area contributed by atoms with Crippen molar-refractivity contribution in [1.82, 2.24) is 15.5 Å². The van der Waals surface area contributed by atoms with Gasteiger partial charge in [0.25, 0.3) is 5.91 Å². The van der Waals surface area contributed by atoms with Crippen molar-refractivity contribution in [3.63, 3.8) is 0 Å². The normalized spacial score (nSPS) is 19.3. The summed E-state index contributed by atoms with van der Waals surface area (Å²) in [7, 11) is 0. The average Bonchev–Trinajstić information content (AvgIpc) is 3.21. The zero-order valence-electron chi connectivity index (χ0n) is 19.1. The van der Waals surface area contributed by atoms with Crippen LogP contribution >= 0.6 is 0 Å². The lowest BCUT2D eigenvalue weighted by atomic mass is 10.1. The lowest BCUT2D eigenvalue weighted by Gasteiger charge is -2.20. The molecule has 2 atom stereocenters. The highest BCUT2D eigenvalue weighted by Gasteiger charge is 2.43. The first kappa shape index (κ1) is 25.1. The monoisotopic (exact) mass is 508 g/mol. The molecule has 1 saturated heterocycles. The Morgan fingerprint density at radius 2 is 1.67 bits per heavy atom. The van der Waals surface area contributed by atoms with Crippen molar-refractivity contribution in [1.29, 1.82) is 0 Å². The van der Waals surface area contributed by atoms with Gasteiger partial charge in [-0.15, -0.1) is 0 Å². The van der Waals surface area contributed by atoms with E-state index < -0.39 is 64.6 Å². The third kappa shape index (κ3) is 4.62. The van der Waals surface area contributed by atoms with E-state index in [-0.39, 0.29) is 35.8 Å². The summed E-state index contributed by atoms with van der Waals surface area (Å²) in [6.45, 7) is 3.65. The number of nitrogens with one attached hydrogen (secondary N) is 3. The molecule has 2 heterocycles. The minimum absolute atomic E-state index is 0.0673. The second-order valence-electron chi connectivity index (χ2n) is 8.79. The summed E-state index contributed by atoms with van der Waals surface area (Å²) in [5.74, 6) is -11.3. The summed E-state index contributed by atoms with van der Waals surface area (Å²) in [6.07, 6.45) is 1.99. The van der Waals surface area contributed by atoms with Crippen molar-refractivity contribution >= 4 is 35.7 Å². The van der Waals surface area contributed by atoms with Gasteiger partial charge >= 0.3 is 6.03 Å². The number of amides is 4. The van der Waals surface area contributed by atoms with Gasteiger partial charge in [-0.1, -0.05) is 12.1 Å². The number of benzene rings is 2. The van der Waals surface area contributed by atoms with Crippen LogP contribution in [-0.4, -0.2) is 47.4 Å². The highest BCUT2D eigenvalue weighted by Crippen LogP contribution is 2.31. The van der Waals surface area contributed by atoms with Gasteiger partial charge in [-0.25, -0.2) is 26.7 Å². The van der Waals surface area contributed by atoms with Crippen LogP contribution in [0, 0.1) is 29.1 Å². The van der Waals surface area contributed by atoms with Crippen LogP contribution in [0.15, 0.2) is 18.2 Å². The predicted octanol–water partition coefficient (Wildman–Crippen LogP) is 3.80. The molecule has 3 N–H and O–H groups in total. The molecule has 12 heteroatoms. The van der Waals surface area contributed by atoms with E-state index in [1.165, 1.54) is 23.1 Å². The van der Waals surface area contributed by atoms with Crippen molar-refractivity contribution < 1.29 is 36.3 Å². The van der Waals surface area contributed by atoms with Crippen molar-refractivity contribution in [2.75, 3.05) is 11.9 Å². The van der Waals surface area contributed by atoms with Gasteiger partial charge in [-0.3, -0.25) is 9.59 Å². The summed E-state index contributed by atoms with van der Waals surface area (Å²) in [4.78, 5) is 39.3. The lowest BCUT2D eigenvalue weighted by Crippen LogP contribution is -2.46.